The average Bonchev–Trinajstić information content (AvgIpc) is 2.88. The lowest BCUT2D eigenvalue weighted by molar-refractivity contribution is 0.0747. The Bertz CT molecular complexity index is 1200. The molecule has 0 heterocycles. The van der Waals surface area contributed by atoms with Gasteiger partial charge in [0.25, 0.3) is 15.9 Å². The van der Waals surface area contributed by atoms with E-state index in [0.29, 0.717) is 13.1 Å². The molecule has 39 heavy (non-hydrogen) atoms. The first-order chi connectivity index (χ1) is 18.3. The van der Waals surface area contributed by atoms with Gasteiger partial charge in [0.2, 0.25) is 0 Å². The summed E-state index contributed by atoms with van der Waals surface area (Å²) in [6, 6.07) is 6.80. The molecule has 1 amide bonds. The number of sulfonamides is 1. The molecule has 218 valence electrons. The Balaban J connectivity index is 2.66. The number of carbonyl (C=O) groups is 1. The molecule has 0 aliphatic carbocycles. The number of hydrogen-bond donors (Lipinski definition) is 2. The smallest absolute Gasteiger partial charge is 0.262 e. The Labute approximate surface area is 236 Å². The highest BCUT2D eigenvalue weighted by Crippen LogP contribution is 2.38. The van der Waals surface area contributed by atoms with Crippen LogP contribution in [0.2, 0.25) is 0 Å². The second-order valence-electron chi connectivity index (χ2n) is 11.2. The summed E-state index contributed by atoms with van der Waals surface area (Å²) in [5.41, 5.74) is 2.79. The van der Waals surface area contributed by atoms with Crippen LogP contribution in [0.15, 0.2) is 29.2 Å². The first-order valence-electron chi connectivity index (χ1n) is 14.2. The predicted octanol–water partition coefficient (Wildman–Crippen LogP) is 7.61. The summed E-state index contributed by atoms with van der Waals surface area (Å²) < 4.78 is 36.1. The normalized spacial score (nSPS) is 11.9. The number of nitrogens with one attached hydrogen (secondary N) is 1. The summed E-state index contributed by atoms with van der Waals surface area (Å²) in [4.78, 5) is 15.5. The third kappa shape index (κ3) is 7.90. The number of hydrogen-bond acceptors (Lipinski definition) is 5. The zero-order valence-corrected chi connectivity index (χ0v) is 26.0. The van der Waals surface area contributed by atoms with Crippen LogP contribution in [0.5, 0.6) is 11.5 Å². The molecule has 0 aliphatic rings. The zero-order valence-electron chi connectivity index (χ0n) is 25.2. The molecular weight excluding hydrogens is 512 g/mol. The van der Waals surface area contributed by atoms with Gasteiger partial charge in [-0.3, -0.25) is 9.52 Å². The summed E-state index contributed by atoms with van der Waals surface area (Å²) >= 11 is 0. The van der Waals surface area contributed by atoms with Crippen molar-refractivity contribution >= 4 is 21.6 Å². The second kappa shape index (κ2) is 14.1. The van der Waals surface area contributed by atoms with Gasteiger partial charge in [-0.15, -0.1) is 0 Å². The molecule has 0 aromatic heterocycles. The fourth-order valence-corrected chi connectivity index (χ4v) is 6.31. The molecular formula is C31H48N2O5S. The van der Waals surface area contributed by atoms with E-state index in [-0.39, 0.29) is 51.3 Å². The summed E-state index contributed by atoms with van der Waals surface area (Å²) in [6.07, 6.45) is 3.53. The highest BCUT2D eigenvalue weighted by atomic mass is 32.2. The monoisotopic (exact) mass is 560 g/mol. The predicted molar refractivity (Wildman–Crippen MR) is 160 cm³/mol. The Kier molecular flexibility index (Phi) is 11.7. The molecule has 2 aromatic carbocycles. The zero-order chi connectivity index (χ0) is 29.5. The van der Waals surface area contributed by atoms with Crippen LogP contribution in [-0.4, -0.2) is 44.5 Å². The van der Waals surface area contributed by atoms with Crippen molar-refractivity contribution in [2.45, 2.75) is 104 Å². The lowest BCUT2D eigenvalue weighted by Crippen LogP contribution is -2.33. The maximum atomic E-state index is 14.0. The third-order valence-corrected chi connectivity index (χ3v) is 8.49. The van der Waals surface area contributed by atoms with Gasteiger partial charge < -0.3 is 14.7 Å². The molecule has 0 fully saturated rings. The van der Waals surface area contributed by atoms with Crippen LogP contribution >= 0.6 is 0 Å². The van der Waals surface area contributed by atoms with Gasteiger partial charge in [-0.2, -0.15) is 0 Å². The Morgan fingerprint density at radius 1 is 0.897 bits per heavy atom. The van der Waals surface area contributed by atoms with E-state index in [0.717, 1.165) is 42.4 Å². The molecule has 0 atom stereocenters. The largest absolute Gasteiger partial charge is 0.504 e. The number of amides is 1. The van der Waals surface area contributed by atoms with Crippen LogP contribution < -0.4 is 9.46 Å². The Morgan fingerprint density at radius 3 is 1.82 bits per heavy atom. The number of benzene rings is 2. The highest BCUT2D eigenvalue weighted by molar-refractivity contribution is 7.92. The molecule has 0 radical (unpaired) electrons. The van der Waals surface area contributed by atoms with Crippen LogP contribution in [0.25, 0.3) is 0 Å². The molecule has 0 bridgehead atoms. The molecule has 7 nitrogen and oxygen atoms in total. The number of phenols is 1. The van der Waals surface area contributed by atoms with Crippen molar-refractivity contribution in [2.75, 3.05) is 24.9 Å². The number of methoxy groups -OCH3 is 1. The standard InChI is InChI=1S/C31H48N2O5S/c1-10-12-14-33(15-13-11-2)31(35)27-18-24(19-28(38-9)29(27)34)32-39(36,37)30-25(21(5)6)16-23(20(3)4)17-26(30)22(7)8/h16-22,32,34H,10-15H2,1-9H3. The number of rotatable bonds is 14. The highest BCUT2D eigenvalue weighted by Gasteiger charge is 2.29. The summed E-state index contributed by atoms with van der Waals surface area (Å²) in [6.45, 7) is 17.4. The van der Waals surface area contributed by atoms with Gasteiger partial charge in [-0.05, 0) is 53.4 Å². The van der Waals surface area contributed by atoms with Crippen LogP contribution in [0, 0.1) is 0 Å². The van der Waals surface area contributed by atoms with E-state index in [1.165, 1.54) is 19.2 Å². The number of ether oxygens (including phenoxy) is 1. The molecule has 0 saturated heterocycles. The van der Waals surface area contributed by atoms with Crippen molar-refractivity contribution in [3.8, 4) is 11.5 Å². The van der Waals surface area contributed by atoms with E-state index in [4.69, 9.17) is 4.74 Å². The topological polar surface area (TPSA) is 95.9 Å². The van der Waals surface area contributed by atoms with Gasteiger partial charge in [0.15, 0.2) is 11.5 Å². The summed E-state index contributed by atoms with van der Waals surface area (Å²) in [5.74, 6) is -0.401. The summed E-state index contributed by atoms with van der Waals surface area (Å²) in [7, 11) is -2.67. The third-order valence-electron chi connectivity index (χ3n) is 6.98. The minimum absolute atomic E-state index is 0.0163. The first kappa shape index (κ1) is 32.5. The Morgan fingerprint density at radius 2 is 1.41 bits per heavy atom. The van der Waals surface area contributed by atoms with Crippen molar-refractivity contribution in [3.05, 3.63) is 46.5 Å². The van der Waals surface area contributed by atoms with Gasteiger partial charge in [0, 0.05) is 19.2 Å². The number of anilines is 1. The van der Waals surface area contributed by atoms with Gasteiger partial charge in [-0.25, -0.2) is 8.42 Å². The number of unbranched alkanes of at least 4 members (excludes halogenated alkanes) is 2. The van der Waals surface area contributed by atoms with Gasteiger partial charge in [-0.1, -0.05) is 80.4 Å². The molecule has 0 spiro atoms. The average molecular weight is 561 g/mol. The molecule has 2 N–H and O–H groups in total. The maximum absolute atomic E-state index is 14.0. The van der Waals surface area contributed by atoms with Gasteiger partial charge in [0.05, 0.1) is 23.3 Å². The van der Waals surface area contributed by atoms with Gasteiger partial charge in [0.1, 0.15) is 0 Å². The lowest BCUT2D eigenvalue weighted by atomic mass is 9.89. The fourth-order valence-electron chi connectivity index (χ4n) is 4.57. The maximum Gasteiger partial charge on any atom is 0.262 e. The SMILES string of the molecule is CCCCN(CCCC)C(=O)c1cc(NS(=O)(=O)c2c(C(C)C)cc(C(C)C)cc2C(C)C)cc(OC)c1O. The summed E-state index contributed by atoms with van der Waals surface area (Å²) in [5, 5.41) is 10.9. The molecule has 0 saturated carbocycles. The number of aromatic hydroxyl groups is 1. The fraction of sp³-hybridized carbons (Fsp3) is 0.581. The van der Waals surface area contributed by atoms with Crippen molar-refractivity contribution in [3.63, 3.8) is 0 Å². The van der Waals surface area contributed by atoms with E-state index in [1.54, 1.807) is 4.90 Å². The molecule has 2 rings (SSSR count). The molecule has 0 unspecified atom stereocenters. The van der Waals surface area contributed by atoms with Crippen molar-refractivity contribution in [1.82, 2.24) is 4.90 Å². The van der Waals surface area contributed by atoms with Gasteiger partial charge >= 0.3 is 0 Å². The van der Waals surface area contributed by atoms with E-state index in [2.05, 4.69) is 32.4 Å². The second-order valence-corrected chi connectivity index (χ2v) is 12.8. The van der Waals surface area contributed by atoms with E-state index in [1.807, 2.05) is 39.8 Å². The van der Waals surface area contributed by atoms with Crippen molar-refractivity contribution in [2.24, 2.45) is 0 Å². The minimum Gasteiger partial charge on any atom is -0.504 e. The minimum atomic E-state index is -4.05. The molecule has 8 heteroatoms. The first-order valence-corrected chi connectivity index (χ1v) is 15.7. The van der Waals surface area contributed by atoms with Crippen molar-refractivity contribution < 1.29 is 23.1 Å². The van der Waals surface area contributed by atoms with E-state index in [9.17, 15) is 18.3 Å². The number of carbonyl (C=O) groups excluding carboxylic acids is 1. The molecule has 2 aromatic rings. The van der Waals surface area contributed by atoms with E-state index >= 15 is 0 Å². The van der Waals surface area contributed by atoms with Crippen molar-refractivity contribution in [1.29, 1.82) is 0 Å². The van der Waals surface area contributed by atoms with Crippen LogP contribution in [0.1, 0.15) is 126 Å². The lowest BCUT2D eigenvalue weighted by Gasteiger charge is -2.25. The quantitative estimate of drug-likeness (QED) is 0.232. The number of nitrogens with zero attached hydrogens (tertiary/aromatic N) is 1. The Hall–Kier alpha value is -2.74. The van der Waals surface area contributed by atoms with Crippen LogP contribution in [-0.2, 0) is 10.0 Å². The number of phenolic OH excluding ortho intramolecular Hbond substituents is 1. The molecule has 0 aliphatic heterocycles. The van der Waals surface area contributed by atoms with Crippen LogP contribution in [0.4, 0.5) is 5.69 Å². The van der Waals surface area contributed by atoms with E-state index < -0.39 is 10.0 Å². The van der Waals surface area contributed by atoms with Crippen LogP contribution in [0.3, 0.4) is 0 Å².